The summed E-state index contributed by atoms with van der Waals surface area (Å²) in [7, 11) is 0. The quantitative estimate of drug-likeness (QED) is 0.592. The smallest absolute Gasteiger partial charge is 0.248 e. The molecule has 7 heteroatoms. The average Bonchev–Trinajstić information content (AvgIpc) is 3.04. The first-order valence-corrected chi connectivity index (χ1v) is 8.92. The van der Waals surface area contributed by atoms with Crippen molar-refractivity contribution in [2.45, 2.75) is 31.3 Å². The number of hydrogen-bond acceptors (Lipinski definition) is 4. The Morgan fingerprint density at radius 3 is 2.56 bits per heavy atom. The van der Waals surface area contributed by atoms with E-state index in [2.05, 4.69) is 29.0 Å². The van der Waals surface area contributed by atoms with Gasteiger partial charge in [-0.25, -0.2) is 8.78 Å². The highest BCUT2D eigenvalue weighted by atomic mass is 32.2. The fraction of sp³-hybridized carbons (Fsp3) is 0.278. The monoisotopic (exact) mass is 360 g/mol. The van der Waals surface area contributed by atoms with Gasteiger partial charge in [0.25, 0.3) is 0 Å². The van der Waals surface area contributed by atoms with Crippen LogP contribution in [0.4, 0.5) is 8.78 Å². The van der Waals surface area contributed by atoms with Crippen molar-refractivity contribution in [3.63, 3.8) is 0 Å². The Kier molecular flexibility index (Phi) is 5.43. The Labute approximate surface area is 149 Å². The molecule has 3 aromatic rings. The molecule has 0 spiro atoms. The maximum atomic E-state index is 12.7. The highest BCUT2D eigenvalue weighted by Gasteiger charge is 2.20. The number of halogens is 2. The Balaban J connectivity index is 2.17. The van der Waals surface area contributed by atoms with Gasteiger partial charge >= 0.3 is 0 Å². The molecule has 1 aromatic carbocycles. The van der Waals surface area contributed by atoms with Crippen LogP contribution in [0.5, 0.6) is 0 Å². The second-order valence-electron chi connectivity index (χ2n) is 5.80. The molecule has 0 radical (unpaired) electrons. The Morgan fingerprint density at radius 2 is 1.88 bits per heavy atom. The Bertz CT molecular complexity index is 834. The predicted octanol–water partition coefficient (Wildman–Crippen LogP) is 4.81. The van der Waals surface area contributed by atoms with Crippen LogP contribution in [-0.4, -0.2) is 31.9 Å². The van der Waals surface area contributed by atoms with Crippen LogP contribution in [0.2, 0.25) is 0 Å². The van der Waals surface area contributed by atoms with Crippen molar-refractivity contribution in [3.05, 3.63) is 54.4 Å². The minimum atomic E-state index is -2.41. The van der Waals surface area contributed by atoms with E-state index in [1.165, 1.54) is 0 Å². The summed E-state index contributed by atoms with van der Waals surface area (Å²) in [4.78, 5) is 4.13. The maximum absolute atomic E-state index is 12.7. The number of hydrogen-bond donors (Lipinski definition) is 0. The summed E-state index contributed by atoms with van der Waals surface area (Å²) >= 11 is 1.00. The van der Waals surface area contributed by atoms with Gasteiger partial charge in [-0.3, -0.25) is 9.55 Å². The predicted molar refractivity (Wildman–Crippen MR) is 95.4 cm³/mol. The molecule has 0 fully saturated rings. The lowest BCUT2D eigenvalue weighted by atomic mass is 10.0. The number of aromatic nitrogens is 4. The number of pyridine rings is 1. The van der Waals surface area contributed by atoms with Gasteiger partial charge in [0.05, 0.1) is 11.4 Å². The minimum absolute atomic E-state index is 0.272. The molecule has 130 valence electrons. The van der Waals surface area contributed by atoms with Gasteiger partial charge < -0.3 is 0 Å². The summed E-state index contributed by atoms with van der Waals surface area (Å²) in [5.74, 6) is 0.543. The third-order valence-corrected chi connectivity index (χ3v) is 4.63. The minimum Gasteiger partial charge on any atom is -0.270 e. The normalized spacial score (nSPS) is 11.4. The lowest BCUT2D eigenvalue weighted by Gasteiger charge is -2.16. The van der Waals surface area contributed by atoms with Gasteiger partial charge in [0.15, 0.2) is 11.0 Å². The maximum Gasteiger partial charge on any atom is 0.248 e. The summed E-state index contributed by atoms with van der Waals surface area (Å²) in [5.41, 5.74) is 2.79. The van der Waals surface area contributed by atoms with E-state index in [1.54, 1.807) is 12.4 Å². The zero-order valence-electron chi connectivity index (χ0n) is 13.9. The number of rotatable bonds is 6. The summed E-state index contributed by atoms with van der Waals surface area (Å²) < 4.78 is 27.3. The first-order valence-electron chi connectivity index (χ1n) is 7.94. The summed E-state index contributed by atoms with van der Waals surface area (Å²) in [6, 6.07) is 11.6. The number of alkyl halides is 2. The lowest BCUT2D eigenvalue weighted by molar-refractivity contribution is 0.176. The third kappa shape index (κ3) is 3.87. The van der Waals surface area contributed by atoms with Crippen molar-refractivity contribution in [2.75, 3.05) is 5.75 Å². The van der Waals surface area contributed by atoms with Crippen molar-refractivity contribution in [2.24, 2.45) is 0 Å². The second kappa shape index (κ2) is 7.74. The summed E-state index contributed by atoms with van der Waals surface area (Å²) in [6.45, 7) is 4.19. The zero-order valence-corrected chi connectivity index (χ0v) is 14.8. The molecule has 0 N–H and O–H groups in total. The fourth-order valence-corrected chi connectivity index (χ4v) is 3.27. The third-order valence-electron chi connectivity index (χ3n) is 3.69. The zero-order chi connectivity index (χ0) is 17.8. The van der Waals surface area contributed by atoms with Crippen LogP contribution < -0.4 is 0 Å². The molecule has 0 bridgehead atoms. The second-order valence-corrected chi connectivity index (χ2v) is 6.79. The van der Waals surface area contributed by atoms with Crippen molar-refractivity contribution in [1.29, 1.82) is 0 Å². The molecular weight excluding hydrogens is 342 g/mol. The summed E-state index contributed by atoms with van der Waals surface area (Å²) in [6.07, 6.45) is 0.969. The van der Waals surface area contributed by atoms with Crippen LogP contribution in [0.1, 0.15) is 25.3 Å². The Hall–Kier alpha value is -2.28. The largest absolute Gasteiger partial charge is 0.270 e. The molecule has 0 amide bonds. The molecule has 0 aliphatic carbocycles. The highest BCUT2D eigenvalue weighted by molar-refractivity contribution is 7.99. The van der Waals surface area contributed by atoms with Gasteiger partial charge in [-0.1, -0.05) is 43.8 Å². The van der Waals surface area contributed by atoms with Gasteiger partial charge in [0.2, 0.25) is 6.43 Å². The van der Waals surface area contributed by atoms with Crippen molar-refractivity contribution in [3.8, 4) is 17.1 Å². The van der Waals surface area contributed by atoms with E-state index in [4.69, 9.17) is 0 Å². The van der Waals surface area contributed by atoms with Gasteiger partial charge in [0, 0.05) is 18.0 Å². The first kappa shape index (κ1) is 17.5. The van der Waals surface area contributed by atoms with Crippen molar-refractivity contribution < 1.29 is 8.78 Å². The van der Waals surface area contributed by atoms with Crippen LogP contribution in [0.15, 0.2) is 53.9 Å². The van der Waals surface area contributed by atoms with Crippen LogP contribution in [0.3, 0.4) is 0 Å². The SMILES string of the molecule is CC(C)c1ccccc1-n1c(SCC(F)F)nnc1-c1cccnc1. The topological polar surface area (TPSA) is 43.6 Å². The van der Waals surface area contributed by atoms with E-state index in [0.717, 1.165) is 28.6 Å². The van der Waals surface area contributed by atoms with Gasteiger partial charge in [-0.05, 0) is 29.7 Å². The van der Waals surface area contributed by atoms with E-state index in [0.29, 0.717) is 11.0 Å². The summed E-state index contributed by atoms with van der Waals surface area (Å²) in [5, 5.41) is 8.86. The first-order chi connectivity index (χ1) is 12.1. The van der Waals surface area contributed by atoms with E-state index < -0.39 is 6.43 Å². The molecule has 0 aliphatic heterocycles. The van der Waals surface area contributed by atoms with E-state index in [9.17, 15) is 8.78 Å². The number of nitrogens with zero attached hydrogens (tertiary/aromatic N) is 4. The van der Waals surface area contributed by atoms with E-state index in [-0.39, 0.29) is 11.7 Å². The molecular formula is C18H18F2N4S. The van der Waals surface area contributed by atoms with Gasteiger partial charge in [-0.15, -0.1) is 10.2 Å². The van der Waals surface area contributed by atoms with E-state index in [1.807, 2.05) is 41.0 Å². The molecule has 0 aliphatic rings. The van der Waals surface area contributed by atoms with Crippen LogP contribution in [0.25, 0.3) is 17.1 Å². The fourth-order valence-electron chi connectivity index (χ4n) is 2.58. The molecule has 2 heterocycles. The van der Waals surface area contributed by atoms with Crippen LogP contribution >= 0.6 is 11.8 Å². The van der Waals surface area contributed by atoms with Gasteiger partial charge in [0.1, 0.15) is 0 Å². The molecule has 4 nitrogen and oxygen atoms in total. The molecule has 0 atom stereocenters. The molecule has 0 saturated heterocycles. The molecule has 3 rings (SSSR count). The van der Waals surface area contributed by atoms with Crippen molar-refractivity contribution >= 4 is 11.8 Å². The number of benzene rings is 1. The highest BCUT2D eigenvalue weighted by Crippen LogP contribution is 2.32. The van der Waals surface area contributed by atoms with E-state index >= 15 is 0 Å². The van der Waals surface area contributed by atoms with Gasteiger partial charge in [-0.2, -0.15) is 0 Å². The van der Waals surface area contributed by atoms with Crippen LogP contribution in [0, 0.1) is 0 Å². The molecule has 25 heavy (non-hydrogen) atoms. The molecule has 0 saturated carbocycles. The number of para-hydroxylation sites is 1. The number of thioether (sulfide) groups is 1. The van der Waals surface area contributed by atoms with Crippen molar-refractivity contribution in [1.82, 2.24) is 19.7 Å². The molecule has 2 aromatic heterocycles. The Morgan fingerprint density at radius 1 is 1.08 bits per heavy atom. The average molecular weight is 360 g/mol. The standard InChI is InChI=1S/C18H18F2N4S/c1-12(2)14-7-3-4-8-15(14)24-17(13-6-5-9-21-10-13)22-23-18(24)25-11-16(19)20/h3-10,12,16H,11H2,1-2H3. The lowest BCUT2D eigenvalue weighted by Crippen LogP contribution is -2.06. The molecule has 0 unspecified atom stereocenters. The van der Waals surface area contributed by atoms with Crippen LogP contribution in [-0.2, 0) is 0 Å².